The van der Waals surface area contributed by atoms with Gasteiger partial charge in [0.1, 0.15) is 5.75 Å². The molecule has 2 N–H and O–H groups in total. The lowest BCUT2D eigenvalue weighted by Gasteiger charge is -2.13. The maximum absolute atomic E-state index is 9.64. The molecule has 0 saturated carbocycles. The summed E-state index contributed by atoms with van der Waals surface area (Å²) in [6, 6.07) is 6.73. The molecular formula is C8H12O2Si. The lowest BCUT2D eigenvalue weighted by molar-refractivity contribution is 0.475. The van der Waals surface area contributed by atoms with Crippen LogP contribution in [0.1, 0.15) is 0 Å². The van der Waals surface area contributed by atoms with Crippen LogP contribution in [0.15, 0.2) is 24.3 Å². The molecule has 0 fully saturated rings. The van der Waals surface area contributed by atoms with Gasteiger partial charge in [0.25, 0.3) is 0 Å². The highest BCUT2D eigenvalue weighted by Gasteiger charge is 2.19. The summed E-state index contributed by atoms with van der Waals surface area (Å²) < 4.78 is 0. The molecule has 2 nitrogen and oxygen atoms in total. The molecular weight excluding hydrogens is 156 g/mol. The van der Waals surface area contributed by atoms with Gasteiger partial charge in [-0.05, 0) is 30.4 Å². The van der Waals surface area contributed by atoms with E-state index in [4.69, 9.17) is 5.11 Å². The van der Waals surface area contributed by atoms with Gasteiger partial charge in [0, 0.05) is 0 Å². The lowest BCUT2D eigenvalue weighted by Crippen LogP contribution is -2.40. The Morgan fingerprint density at radius 2 is 1.55 bits per heavy atom. The monoisotopic (exact) mass is 168 g/mol. The maximum atomic E-state index is 9.64. The van der Waals surface area contributed by atoms with Crippen molar-refractivity contribution in [3.63, 3.8) is 0 Å². The van der Waals surface area contributed by atoms with E-state index in [2.05, 4.69) is 0 Å². The molecule has 0 aliphatic rings. The summed E-state index contributed by atoms with van der Waals surface area (Å²) >= 11 is 0. The highest BCUT2D eigenvalue weighted by atomic mass is 28.4. The SMILES string of the molecule is C[Si](C)(O)c1ccc(O)cc1. The molecule has 0 saturated heterocycles. The fraction of sp³-hybridized carbons (Fsp3) is 0.250. The number of hydrogen-bond acceptors (Lipinski definition) is 2. The van der Waals surface area contributed by atoms with Crippen molar-refractivity contribution in [2.24, 2.45) is 0 Å². The zero-order chi connectivity index (χ0) is 8.48. The van der Waals surface area contributed by atoms with Crippen molar-refractivity contribution in [1.82, 2.24) is 0 Å². The van der Waals surface area contributed by atoms with Gasteiger partial charge in [-0.15, -0.1) is 0 Å². The Labute approximate surface area is 67.3 Å². The number of rotatable bonds is 1. The van der Waals surface area contributed by atoms with Gasteiger partial charge in [0.05, 0.1) is 0 Å². The molecule has 0 aliphatic heterocycles. The molecule has 11 heavy (non-hydrogen) atoms. The molecule has 60 valence electrons. The van der Waals surface area contributed by atoms with Crippen molar-refractivity contribution >= 4 is 13.5 Å². The van der Waals surface area contributed by atoms with Crippen LogP contribution in [0.3, 0.4) is 0 Å². The van der Waals surface area contributed by atoms with Crippen LogP contribution in [-0.2, 0) is 0 Å². The Morgan fingerprint density at radius 3 is 1.91 bits per heavy atom. The molecule has 0 aliphatic carbocycles. The average molecular weight is 168 g/mol. The first-order valence-electron chi connectivity index (χ1n) is 3.52. The number of benzene rings is 1. The van der Waals surface area contributed by atoms with Gasteiger partial charge in [0.15, 0.2) is 0 Å². The maximum Gasteiger partial charge on any atom is 0.213 e. The second-order valence-corrected chi connectivity index (χ2v) is 6.80. The molecule has 0 bridgehead atoms. The smallest absolute Gasteiger partial charge is 0.213 e. The molecule has 0 spiro atoms. The van der Waals surface area contributed by atoms with Crippen LogP contribution in [0.2, 0.25) is 13.1 Å². The van der Waals surface area contributed by atoms with E-state index >= 15 is 0 Å². The molecule has 0 heterocycles. The Hall–Kier alpha value is -0.803. The number of phenolic OH excluding ortho intramolecular Hbond substituents is 1. The lowest BCUT2D eigenvalue weighted by atomic mass is 10.3. The van der Waals surface area contributed by atoms with Gasteiger partial charge in [-0.2, -0.15) is 0 Å². The van der Waals surface area contributed by atoms with Crippen molar-refractivity contribution in [2.75, 3.05) is 0 Å². The fourth-order valence-electron chi connectivity index (χ4n) is 0.869. The summed E-state index contributed by atoms with van der Waals surface area (Å²) in [7, 11) is -2.17. The van der Waals surface area contributed by atoms with Crippen LogP contribution in [-0.4, -0.2) is 18.2 Å². The topological polar surface area (TPSA) is 40.5 Å². The van der Waals surface area contributed by atoms with Crippen molar-refractivity contribution in [2.45, 2.75) is 13.1 Å². The van der Waals surface area contributed by atoms with Crippen LogP contribution >= 0.6 is 0 Å². The third kappa shape index (κ3) is 2.06. The summed E-state index contributed by atoms with van der Waals surface area (Å²) in [6.07, 6.45) is 0. The van der Waals surface area contributed by atoms with Crippen molar-refractivity contribution < 1.29 is 9.90 Å². The molecule has 0 atom stereocenters. The minimum absolute atomic E-state index is 0.243. The van der Waals surface area contributed by atoms with Crippen molar-refractivity contribution in [1.29, 1.82) is 0 Å². The predicted molar refractivity (Wildman–Crippen MR) is 47.4 cm³/mol. The average Bonchev–Trinajstić information content (AvgIpc) is 1.86. The van der Waals surface area contributed by atoms with Crippen LogP contribution in [0.4, 0.5) is 0 Å². The molecule has 0 amide bonds. The van der Waals surface area contributed by atoms with Crippen LogP contribution in [0.25, 0.3) is 0 Å². The molecule has 1 aromatic carbocycles. The van der Waals surface area contributed by atoms with Crippen molar-refractivity contribution in [3.8, 4) is 5.75 Å². The van der Waals surface area contributed by atoms with Crippen LogP contribution in [0.5, 0.6) is 5.75 Å². The summed E-state index contributed by atoms with van der Waals surface area (Å²) in [5.74, 6) is 0.243. The Bertz CT molecular complexity index is 235. The summed E-state index contributed by atoms with van der Waals surface area (Å²) in [6.45, 7) is 3.69. The number of hydrogen-bond donors (Lipinski definition) is 2. The Morgan fingerprint density at radius 1 is 1.09 bits per heavy atom. The first-order valence-corrected chi connectivity index (χ1v) is 6.47. The number of aromatic hydroxyl groups is 1. The fourth-order valence-corrected chi connectivity index (χ4v) is 1.85. The third-order valence-electron chi connectivity index (χ3n) is 1.57. The second kappa shape index (κ2) is 2.68. The van der Waals surface area contributed by atoms with E-state index in [-0.39, 0.29) is 5.75 Å². The molecule has 1 aromatic rings. The van der Waals surface area contributed by atoms with Crippen LogP contribution in [0, 0.1) is 0 Å². The summed E-state index contributed by atoms with van der Waals surface area (Å²) in [4.78, 5) is 9.64. The molecule has 0 unspecified atom stereocenters. The molecule has 0 aromatic heterocycles. The van der Waals surface area contributed by atoms with E-state index in [0.29, 0.717) is 0 Å². The first-order chi connectivity index (χ1) is 5.00. The minimum Gasteiger partial charge on any atom is -0.508 e. The van der Waals surface area contributed by atoms with E-state index in [1.165, 1.54) is 0 Å². The zero-order valence-electron chi connectivity index (χ0n) is 6.70. The standard InChI is InChI=1S/C8H12O2Si/c1-11(2,10)8-5-3-7(9)4-6-8/h3-6,9-10H,1-2H3. The minimum atomic E-state index is -2.17. The van der Waals surface area contributed by atoms with E-state index in [1.54, 1.807) is 24.3 Å². The Balaban J connectivity index is 2.99. The Kier molecular flexibility index (Phi) is 2.02. The van der Waals surface area contributed by atoms with Gasteiger partial charge in [-0.25, -0.2) is 0 Å². The molecule has 0 radical (unpaired) electrons. The zero-order valence-corrected chi connectivity index (χ0v) is 7.70. The van der Waals surface area contributed by atoms with E-state index in [0.717, 1.165) is 5.19 Å². The van der Waals surface area contributed by atoms with E-state index < -0.39 is 8.32 Å². The van der Waals surface area contributed by atoms with Crippen molar-refractivity contribution in [3.05, 3.63) is 24.3 Å². The summed E-state index contributed by atoms with van der Waals surface area (Å²) in [5, 5.41) is 9.90. The molecule has 3 heteroatoms. The normalized spacial score (nSPS) is 11.5. The first kappa shape index (κ1) is 8.29. The van der Waals surface area contributed by atoms with Gasteiger partial charge in [-0.1, -0.05) is 12.1 Å². The van der Waals surface area contributed by atoms with Gasteiger partial charge in [0.2, 0.25) is 8.32 Å². The van der Waals surface area contributed by atoms with Gasteiger partial charge < -0.3 is 9.90 Å². The summed E-state index contributed by atoms with van der Waals surface area (Å²) in [5.41, 5.74) is 0. The van der Waals surface area contributed by atoms with Gasteiger partial charge >= 0.3 is 0 Å². The highest BCUT2D eigenvalue weighted by molar-refractivity contribution is 6.83. The quantitative estimate of drug-likeness (QED) is 0.609. The third-order valence-corrected chi connectivity index (χ3v) is 3.32. The largest absolute Gasteiger partial charge is 0.508 e. The van der Waals surface area contributed by atoms with E-state index in [9.17, 15) is 4.80 Å². The predicted octanol–water partition coefficient (Wildman–Crippen LogP) is 0.797. The second-order valence-electron chi connectivity index (χ2n) is 3.11. The number of phenols is 1. The molecule has 1 rings (SSSR count). The van der Waals surface area contributed by atoms with Crippen LogP contribution < -0.4 is 5.19 Å². The van der Waals surface area contributed by atoms with Gasteiger partial charge in [-0.3, -0.25) is 0 Å². The van der Waals surface area contributed by atoms with E-state index in [1.807, 2.05) is 13.1 Å². The highest BCUT2D eigenvalue weighted by Crippen LogP contribution is 2.06.